The Morgan fingerprint density at radius 3 is 2.48 bits per heavy atom. The summed E-state index contributed by atoms with van der Waals surface area (Å²) in [6, 6.07) is 4.51. The van der Waals surface area contributed by atoms with E-state index >= 15 is 0 Å². The number of imide groups is 1. The Morgan fingerprint density at radius 2 is 1.83 bits per heavy atom. The van der Waals surface area contributed by atoms with Gasteiger partial charge in [-0.2, -0.15) is 0 Å². The fourth-order valence-corrected chi connectivity index (χ4v) is 2.81. The molecule has 0 bridgehead atoms. The van der Waals surface area contributed by atoms with Gasteiger partial charge in [0.05, 0.1) is 17.0 Å². The molecule has 0 saturated carbocycles. The van der Waals surface area contributed by atoms with Crippen LogP contribution in [0.25, 0.3) is 0 Å². The molecule has 1 aromatic carbocycles. The van der Waals surface area contributed by atoms with Crippen molar-refractivity contribution in [1.29, 1.82) is 0 Å². The van der Waals surface area contributed by atoms with E-state index in [1.807, 2.05) is 6.92 Å². The lowest BCUT2D eigenvalue weighted by atomic mass is 9.97. The summed E-state index contributed by atoms with van der Waals surface area (Å²) in [6.45, 7) is 3.15. The quantitative estimate of drug-likeness (QED) is 0.803. The second kappa shape index (κ2) is 5.49. The van der Waals surface area contributed by atoms with Gasteiger partial charge in [0.2, 0.25) is 5.91 Å². The van der Waals surface area contributed by atoms with Crippen LogP contribution in [0.2, 0.25) is 0 Å². The number of hydrogen-bond donors (Lipinski definition) is 1. The molecule has 23 heavy (non-hydrogen) atoms. The van der Waals surface area contributed by atoms with E-state index in [1.165, 1.54) is 19.2 Å². The molecule has 2 aliphatic heterocycles. The highest BCUT2D eigenvalue weighted by Crippen LogP contribution is 2.25. The number of nitrogens with zero attached hydrogens (tertiary/aromatic N) is 2. The van der Waals surface area contributed by atoms with Crippen LogP contribution < -0.4 is 5.32 Å². The van der Waals surface area contributed by atoms with Crippen molar-refractivity contribution in [2.75, 3.05) is 26.7 Å². The average Bonchev–Trinajstić information content (AvgIpc) is 2.70. The van der Waals surface area contributed by atoms with Gasteiger partial charge in [-0.05, 0) is 25.1 Å². The Balaban J connectivity index is 1.73. The molecule has 120 valence electrons. The number of fused-ring (bicyclic) bond motifs is 1. The predicted octanol–water partition coefficient (Wildman–Crippen LogP) is 0.120. The Kier molecular flexibility index (Phi) is 3.63. The number of carbonyl (C=O) groups is 4. The zero-order chi connectivity index (χ0) is 16.7. The first-order valence-electron chi connectivity index (χ1n) is 7.47. The van der Waals surface area contributed by atoms with Crippen molar-refractivity contribution in [3.8, 4) is 0 Å². The fraction of sp³-hybridized carbons (Fsp3) is 0.375. The van der Waals surface area contributed by atoms with Gasteiger partial charge in [0.1, 0.15) is 0 Å². The Bertz CT molecular complexity index is 722. The largest absolute Gasteiger partial charge is 0.356 e. The molecule has 0 aliphatic carbocycles. The van der Waals surface area contributed by atoms with Gasteiger partial charge in [-0.15, -0.1) is 0 Å². The number of hydrogen-bond acceptors (Lipinski definition) is 4. The smallest absolute Gasteiger partial charge is 0.261 e. The lowest BCUT2D eigenvalue weighted by Gasteiger charge is -2.38. The molecule has 2 heterocycles. The van der Waals surface area contributed by atoms with Crippen LogP contribution in [0.1, 0.15) is 38.0 Å². The number of amides is 4. The van der Waals surface area contributed by atoms with E-state index in [4.69, 9.17) is 0 Å². The molecule has 0 atom stereocenters. The van der Waals surface area contributed by atoms with Crippen LogP contribution in [0.4, 0.5) is 0 Å². The van der Waals surface area contributed by atoms with Gasteiger partial charge < -0.3 is 10.2 Å². The maximum atomic E-state index is 12.4. The van der Waals surface area contributed by atoms with Crippen molar-refractivity contribution in [2.24, 2.45) is 5.92 Å². The van der Waals surface area contributed by atoms with E-state index in [2.05, 4.69) is 5.32 Å². The first-order valence-corrected chi connectivity index (χ1v) is 7.47. The van der Waals surface area contributed by atoms with Crippen LogP contribution >= 0.6 is 0 Å². The van der Waals surface area contributed by atoms with Crippen LogP contribution in [0, 0.1) is 5.92 Å². The molecule has 1 N–H and O–H groups in total. The minimum atomic E-state index is -0.400. The molecule has 1 saturated heterocycles. The van der Waals surface area contributed by atoms with Crippen molar-refractivity contribution in [2.45, 2.75) is 6.92 Å². The summed E-state index contributed by atoms with van der Waals surface area (Å²) in [6.07, 6.45) is 0. The molecule has 4 amide bonds. The van der Waals surface area contributed by atoms with Gasteiger partial charge in [-0.3, -0.25) is 24.1 Å². The first-order chi connectivity index (χ1) is 10.9. The van der Waals surface area contributed by atoms with Gasteiger partial charge >= 0.3 is 0 Å². The van der Waals surface area contributed by atoms with Crippen molar-refractivity contribution in [1.82, 2.24) is 15.1 Å². The highest BCUT2D eigenvalue weighted by Gasteiger charge is 2.37. The second-order valence-electron chi connectivity index (χ2n) is 5.73. The Morgan fingerprint density at radius 1 is 1.17 bits per heavy atom. The molecular weight excluding hydrogens is 298 g/mol. The summed E-state index contributed by atoms with van der Waals surface area (Å²) in [5, 5.41) is 2.73. The van der Waals surface area contributed by atoms with Gasteiger partial charge in [-0.25, -0.2) is 0 Å². The monoisotopic (exact) mass is 315 g/mol. The van der Waals surface area contributed by atoms with Gasteiger partial charge in [-0.1, -0.05) is 0 Å². The van der Waals surface area contributed by atoms with Crippen LogP contribution in [-0.2, 0) is 4.79 Å². The van der Waals surface area contributed by atoms with Gasteiger partial charge in [0, 0.05) is 32.2 Å². The molecule has 0 unspecified atom stereocenters. The molecule has 7 nitrogen and oxygen atoms in total. The van der Waals surface area contributed by atoms with Crippen LogP contribution in [-0.4, -0.2) is 60.1 Å². The molecule has 2 aliphatic rings. The maximum absolute atomic E-state index is 12.4. The predicted molar refractivity (Wildman–Crippen MR) is 80.9 cm³/mol. The summed E-state index contributed by atoms with van der Waals surface area (Å²) >= 11 is 0. The molecule has 1 aromatic rings. The molecule has 0 radical (unpaired) electrons. The van der Waals surface area contributed by atoms with E-state index in [9.17, 15) is 19.2 Å². The van der Waals surface area contributed by atoms with E-state index in [0.29, 0.717) is 30.8 Å². The van der Waals surface area contributed by atoms with E-state index < -0.39 is 5.91 Å². The molecule has 0 aromatic heterocycles. The SMILES string of the molecule is CCNC(=O)C1CN(C(=O)c2ccc3c(c2)C(=O)N(C)C3=O)C1. The summed E-state index contributed by atoms with van der Waals surface area (Å²) in [5.41, 5.74) is 0.927. The minimum absolute atomic E-state index is 0.0482. The highest BCUT2D eigenvalue weighted by atomic mass is 16.2. The zero-order valence-corrected chi connectivity index (χ0v) is 13.0. The van der Waals surface area contributed by atoms with Crippen molar-refractivity contribution >= 4 is 23.6 Å². The summed E-state index contributed by atoms with van der Waals surface area (Å²) in [5.74, 6) is -1.22. The second-order valence-corrected chi connectivity index (χ2v) is 5.73. The van der Waals surface area contributed by atoms with Crippen LogP contribution in [0.5, 0.6) is 0 Å². The average molecular weight is 315 g/mol. The van der Waals surface area contributed by atoms with E-state index in [-0.39, 0.29) is 29.2 Å². The lowest BCUT2D eigenvalue weighted by molar-refractivity contribution is -0.128. The topological polar surface area (TPSA) is 86.8 Å². The molecule has 7 heteroatoms. The summed E-state index contributed by atoms with van der Waals surface area (Å²) in [7, 11) is 1.42. The molecule has 0 spiro atoms. The third kappa shape index (κ3) is 2.38. The van der Waals surface area contributed by atoms with Crippen LogP contribution in [0.15, 0.2) is 18.2 Å². The number of benzene rings is 1. The fourth-order valence-electron chi connectivity index (χ4n) is 2.81. The minimum Gasteiger partial charge on any atom is -0.356 e. The van der Waals surface area contributed by atoms with E-state index in [0.717, 1.165) is 4.90 Å². The van der Waals surface area contributed by atoms with Crippen LogP contribution in [0.3, 0.4) is 0 Å². The number of nitrogens with one attached hydrogen (secondary N) is 1. The van der Waals surface area contributed by atoms with Gasteiger partial charge in [0.15, 0.2) is 0 Å². The van der Waals surface area contributed by atoms with E-state index in [1.54, 1.807) is 11.0 Å². The third-order valence-corrected chi connectivity index (χ3v) is 4.23. The highest BCUT2D eigenvalue weighted by molar-refractivity contribution is 6.21. The Labute approximate surface area is 133 Å². The van der Waals surface area contributed by atoms with Crippen molar-refractivity contribution < 1.29 is 19.2 Å². The molecule has 3 rings (SSSR count). The van der Waals surface area contributed by atoms with Crippen molar-refractivity contribution in [3.05, 3.63) is 34.9 Å². The van der Waals surface area contributed by atoms with Gasteiger partial charge in [0.25, 0.3) is 17.7 Å². The molecule has 1 fully saturated rings. The number of carbonyl (C=O) groups excluding carboxylic acids is 4. The number of rotatable bonds is 3. The van der Waals surface area contributed by atoms with Crippen molar-refractivity contribution in [3.63, 3.8) is 0 Å². The zero-order valence-electron chi connectivity index (χ0n) is 13.0. The first kappa shape index (κ1) is 15.2. The summed E-state index contributed by atoms with van der Waals surface area (Å²) in [4.78, 5) is 50.5. The lowest BCUT2D eigenvalue weighted by Crippen LogP contribution is -2.55. The Hall–Kier alpha value is -2.70. The third-order valence-electron chi connectivity index (χ3n) is 4.23. The maximum Gasteiger partial charge on any atom is 0.261 e. The summed E-state index contributed by atoms with van der Waals surface area (Å²) < 4.78 is 0. The number of likely N-dealkylation sites (tertiary alicyclic amines) is 1. The standard InChI is InChI=1S/C16H17N3O4/c1-3-17-13(20)10-7-19(8-10)14(21)9-4-5-11-12(6-9)16(23)18(2)15(11)22/h4-6,10H,3,7-8H2,1-2H3,(H,17,20). The normalized spacial score (nSPS) is 17.1. The molecular formula is C16H17N3O4.